The fourth-order valence-corrected chi connectivity index (χ4v) is 3.59. The lowest BCUT2D eigenvalue weighted by Crippen LogP contribution is -2.47. The van der Waals surface area contributed by atoms with Crippen LogP contribution in [0, 0.1) is 0 Å². The van der Waals surface area contributed by atoms with Gasteiger partial charge in [-0.25, -0.2) is 24.9 Å². The first-order chi connectivity index (χ1) is 13.8. The van der Waals surface area contributed by atoms with Gasteiger partial charge < -0.3 is 19.1 Å². The molecule has 1 fully saturated rings. The van der Waals surface area contributed by atoms with Crippen molar-refractivity contribution in [1.29, 1.82) is 0 Å². The number of fused-ring (bicyclic) bond motifs is 2. The van der Waals surface area contributed by atoms with E-state index in [9.17, 15) is 0 Å². The number of aromatic amines is 1. The Morgan fingerprint density at radius 3 is 2.54 bits per heavy atom. The lowest BCUT2D eigenvalue weighted by atomic mass is 10.2. The quantitative estimate of drug-likeness (QED) is 0.527. The number of methoxy groups -OCH3 is 1. The second kappa shape index (κ2) is 7.00. The van der Waals surface area contributed by atoms with Gasteiger partial charge in [0.15, 0.2) is 22.6 Å². The number of rotatable bonds is 5. The zero-order valence-electron chi connectivity index (χ0n) is 15.5. The smallest absolute Gasteiger partial charge is 0.165 e. The van der Waals surface area contributed by atoms with E-state index in [1.807, 2.05) is 4.57 Å². The van der Waals surface area contributed by atoms with Gasteiger partial charge in [-0.05, 0) is 0 Å². The van der Waals surface area contributed by atoms with Crippen LogP contribution >= 0.6 is 0 Å². The molecule has 11 nitrogen and oxygen atoms in total. The maximum atomic E-state index is 5.16. The summed E-state index contributed by atoms with van der Waals surface area (Å²) in [5, 5.41) is 7.91. The van der Waals surface area contributed by atoms with Crippen molar-refractivity contribution < 1.29 is 4.74 Å². The Morgan fingerprint density at radius 2 is 1.71 bits per heavy atom. The van der Waals surface area contributed by atoms with E-state index in [0.717, 1.165) is 60.0 Å². The summed E-state index contributed by atoms with van der Waals surface area (Å²) in [6, 6.07) is 0. The van der Waals surface area contributed by atoms with Crippen molar-refractivity contribution in [2.75, 3.05) is 49.7 Å². The molecule has 1 aliphatic rings. The Balaban J connectivity index is 1.37. The highest BCUT2D eigenvalue weighted by atomic mass is 16.5. The van der Waals surface area contributed by atoms with Gasteiger partial charge in [0.25, 0.3) is 0 Å². The minimum atomic E-state index is 0.616. The molecule has 0 radical (unpaired) electrons. The molecule has 4 aromatic rings. The van der Waals surface area contributed by atoms with Crippen molar-refractivity contribution in [2.24, 2.45) is 0 Å². The molecular formula is C17H20N10O. The van der Waals surface area contributed by atoms with Crippen LogP contribution in [0.1, 0.15) is 0 Å². The Labute approximate surface area is 160 Å². The van der Waals surface area contributed by atoms with Gasteiger partial charge in [-0.3, -0.25) is 5.10 Å². The molecule has 28 heavy (non-hydrogen) atoms. The molecule has 5 rings (SSSR count). The number of aromatic nitrogens is 8. The Kier molecular flexibility index (Phi) is 4.20. The van der Waals surface area contributed by atoms with E-state index >= 15 is 0 Å². The molecule has 0 unspecified atom stereocenters. The van der Waals surface area contributed by atoms with Crippen LogP contribution in [0.15, 0.2) is 25.2 Å². The number of ether oxygens (including phenoxy) is 1. The van der Waals surface area contributed by atoms with Gasteiger partial charge in [0, 0.05) is 39.8 Å². The average molecular weight is 380 g/mol. The van der Waals surface area contributed by atoms with Crippen molar-refractivity contribution in [3.63, 3.8) is 0 Å². The summed E-state index contributed by atoms with van der Waals surface area (Å²) in [7, 11) is 1.69. The lowest BCUT2D eigenvalue weighted by molar-refractivity contribution is 0.188. The summed E-state index contributed by atoms with van der Waals surface area (Å²) in [6.45, 7) is 4.62. The number of anilines is 2. The number of H-pyrrole nitrogens is 1. The number of hydrogen-bond acceptors (Lipinski definition) is 9. The van der Waals surface area contributed by atoms with Crippen LogP contribution in [0.2, 0.25) is 0 Å². The lowest BCUT2D eigenvalue weighted by Gasteiger charge is -2.36. The number of imidazole rings is 1. The van der Waals surface area contributed by atoms with Crippen LogP contribution < -0.4 is 9.80 Å². The van der Waals surface area contributed by atoms with Crippen molar-refractivity contribution in [3.05, 3.63) is 25.2 Å². The first-order valence-corrected chi connectivity index (χ1v) is 9.14. The average Bonchev–Trinajstić information content (AvgIpc) is 3.39. The highest BCUT2D eigenvalue weighted by Crippen LogP contribution is 2.26. The molecular weight excluding hydrogens is 360 g/mol. The molecule has 0 amide bonds. The highest BCUT2D eigenvalue weighted by Gasteiger charge is 2.23. The first kappa shape index (κ1) is 16.8. The fourth-order valence-electron chi connectivity index (χ4n) is 3.59. The van der Waals surface area contributed by atoms with Crippen molar-refractivity contribution >= 4 is 33.8 Å². The van der Waals surface area contributed by atoms with Gasteiger partial charge in [0.1, 0.15) is 18.5 Å². The standard InChI is InChI=1S/C17H20N10O/c1-28-7-6-27-11-22-13-16(20-10-21-17(13)27)26-4-2-25(3-5-26)15-12-8-23-24-14(12)18-9-19-15/h8-11H,2-7H2,1H3,(H,18,19,23,24). The maximum Gasteiger partial charge on any atom is 0.165 e. The first-order valence-electron chi connectivity index (χ1n) is 9.14. The van der Waals surface area contributed by atoms with E-state index < -0.39 is 0 Å². The number of nitrogens with zero attached hydrogens (tertiary/aromatic N) is 9. The van der Waals surface area contributed by atoms with E-state index in [0.29, 0.717) is 13.2 Å². The van der Waals surface area contributed by atoms with Crippen LogP contribution in [-0.4, -0.2) is 79.6 Å². The van der Waals surface area contributed by atoms with E-state index in [-0.39, 0.29) is 0 Å². The summed E-state index contributed by atoms with van der Waals surface area (Å²) in [5.41, 5.74) is 2.42. The summed E-state index contributed by atoms with van der Waals surface area (Å²) in [5.74, 6) is 1.78. The van der Waals surface area contributed by atoms with Crippen LogP contribution in [-0.2, 0) is 11.3 Å². The number of piperazine rings is 1. The van der Waals surface area contributed by atoms with E-state index in [2.05, 4.69) is 44.9 Å². The Bertz CT molecular complexity index is 1100. The third-order valence-corrected chi connectivity index (χ3v) is 5.02. The molecule has 0 atom stereocenters. The van der Waals surface area contributed by atoms with E-state index in [4.69, 9.17) is 4.74 Å². The fraction of sp³-hybridized carbons (Fsp3) is 0.412. The van der Waals surface area contributed by atoms with Gasteiger partial charge in [-0.1, -0.05) is 0 Å². The van der Waals surface area contributed by atoms with Gasteiger partial charge in [-0.2, -0.15) is 5.10 Å². The summed E-state index contributed by atoms with van der Waals surface area (Å²) < 4.78 is 7.16. The minimum Gasteiger partial charge on any atom is -0.383 e. The zero-order valence-corrected chi connectivity index (χ0v) is 15.5. The predicted octanol–water partition coefficient (Wildman–Crippen LogP) is 0.466. The molecule has 0 aromatic carbocycles. The molecule has 0 saturated carbocycles. The third-order valence-electron chi connectivity index (χ3n) is 5.02. The largest absolute Gasteiger partial charge is 0.383 e. The molecule has 11 heteroatoms. The Hall–Kier alpha value is -3.34. The molecule has 1 saturated heterocycles. The van der Waals surface area contributed by atoms with Crippen molar-refractivity contribution in [2.45, 2.75) is 6.54 Å². The van der Waals surface area contributed by atoms with Gasteiger partial charge in [0.2, 0.25) is 0 Å². The van der Waals surface area contributed by atoms with Crippen molar-refractivity contribution in [3.8, 4) is 0 Å². The molecule has 1 aliphatic heterocycles. The monoisotopic (exact) mass is 380 g/mol. The number of nitrogens with one attached hydrogen (secondary N) is 1. The summed E-state index contributed by atoms with van der Waals surface area (Å²) in [4.78, 5) is 26.7. The maximum absolute atomic E-state index is 5.16. The molecule has 0 bridgehead atoms. The second-order valence-corrected chi connectivity index (χ2v) is 6.60. The SMILES string of the molecule is COCCn1cnc2c(N3CCN(c4ncnc5[nH]ncc45)CC3)ncnc21. The molecule has 1 N–H and O–H groups in total. The Morgan fingerprint density at radius 1 is 0.964 bits per heavy atom. The minimum absolute atomic E-state index is 0.616. The molecule has 4 aromatic heterocycles. The molecule has 0 spiro atoms. The topological polar surface area (TPSA) is 114 Å². The normalized spacial score (nSPS) is 15.0. The summed E-state index contributed by atoms with van der Waals surface area (Å²) >= 11 is 0. The third kappa shape index (κ3) is 2.80. The van der Waals surface area contributed by atoms with Gasteiger partial charge in [0.05, 0.1) is 24.5 Å². The zero-order chi connectivity index (χ0) is 18.9. The van der Waals surface area contributed by atoms with Crippen LogP contribution in [0.3, 0.4) is 0 Å². The van der Waals surface area contributed by atoms with Crippen molar-refractivity contribution in [1.82, 2.24) is 39.7 Å². The van der Waals surface area contributed by atoms with Crippen LogP contribution in [0.5, 0.6) is 0 Å². The molecule has 144 valence electrons. The summed E-state index contributed by atoms with van der Waals surface area (Å²) in [6.07, 6.45) is 6.75. The van der Waals surface area contributed by atoms with Gasteiger partial charge >= 0.3 is 0 Å². The van der Waals surface area contributed by atoms with Crippen LogP contribution in [0.4, 0.5) is 11.6 Å². The molecule has 5 heterocycles. The van der Waals surface area contributed by atoms with E-state index in [1.54, 1.807) is 32.3 Å². The van der Waals surface area contributed by atoms with E-state index in [1.165, 1.54) is 0 Å². The molecule has 0 aliphatic carbocycles. The highest BCUT2D eigenvalue weighted by molar-refractivity contribution is 5.86. The second-order valence-electron chi connectivity index (χ2n) is 6.60. The number of hydrogen-bond donors (Lipinski definition) is 1. The predicted molar refractivity (Wildman–Crippen MR) is 103 cm³/mol. The van der Waals surface area contributed by atoms with Gasteiger partial charge in [-0.15, -0.1) is 0 Å². The van der Waals surface area contributed by atoms with Crippen LogP contribution in [0.25, 0.3) is 22.2 Å².